The first-order chi connectivity index (χ1) is 14.5. The fraction of sp³-hybridized carbons (Fsp3) is 0.261. The van der Waals surface area contributed by atoms with Crippen LogP contribution in [0, 0.1) is 0 Å². The number of aliphatic hydroxyl groups excluding tert-OH is 1. The summed E-state index contributed by atoms with van der Waals surface area (Å²) in [5, 5.41) is 15.9. The molecule has 7 nitrogen and oxygen atoms in total. The number of hydrogen-bond donors (Lipinski definition) is 3. The molecule has 0 radical (unpaired) electrons. The van der Waals surface area contributed by atoms with Crippen molar-refractivity contribution in [2.75, 3.05) is 10.6 Å². The minimum absolute atomic E-state index is 0.211. The third-order valence-corrected chi connectivity index (χ3v) is 4.84. The minimum Gasteiger partial charge on any atom is -0.374 e. The van der Waals surface area contributed by atoms with Crippen LogP contribution in [0.3, 0.4) is 0 Å². The maximum absolute atomic E-state index is 9.69. The Balaban J connectivity index is 1.58. The molecule has 4 aromatic rings. The molecule has 0 fully saturated rings. The molecule has 2 aromatic heterocycles. The van der Waals surface area contributed by atoms with E-state index in [2.05, 4.69) is 75.8 Å². The van der Waals surface area contributed by atoms with Crippen LogP contribution in [0.5, 0.6) is 0 Å². The molecule has 0 spiro atoms. The smallest absolute Gasteiger partial charge is 0.228 e. The lowest BCUT2D eigenvalue weighted by Gasteiger charge is -2.13. The first kappa shape index (κ1) is 19.8. The average Bonchev–Trinajstić information content (AvgIpc) is 3.17. The molecule has 0 bridgehead atoms. The van der Waals surface area contributed by atoms with E-state index in [9.17, 15) is 5.11 Å². The number of nitrogens with zero attached hydrogens (tertiary/aromatic N) is 4. The molecule has 0 aliphatic carbocycles. The van der Waals surface area contributed by atoms with Crippen molar-refractivity contribution >= 4 is 22.9 Å². The number of aliphatic hydroxyl groups is 1. The summed E-state index contributed by atoms with van der Waals surface area (Å²) < 4.78 is 1.99. The van der Waals surface area contributed by atoms with Crippen molar-refractivity contribution < 1.29 is 5.11 Å². The van der Waals surface area contributed by atoms with E-state index in [0.717, 1.165) is 11.2 Å². The fourth-order valence-corrected chi connectivity index (χ4v) is 3.30. The molecule has 0 saturated carbocycles. The average molecular weight is 403 g/mol. The summed E-state index contributed by atoms with van der Waals surface area (Å²) in [6.07, 6.45) is 1.02. The highest BCUT2D eigenvalue weighted by molar-refractivity contribution is 5.84. The summed E-state index contributed by atoms with van der Waals surface area (Å²) in [5.74, 6) is 0.997. The Morgan fingerprint density at radius 3 is 2.30 bits per heavy atom. The topological polar surface area (TPSA) is 87.9 Å². The van der Waals surface area contributed by atoms with Crippen LogP contribution in [0.25, 0.3) is 22.3 Å². The number of aromatic nitrogens is 4. The van der Waals surface area contributed by atoms with Crippen LogP contribution in [0.15, 0.2) is 60.9 Å². The van der Waals surface area contributed by atoms with Gasteiger partial charge >= 0.3 is 0 Å². The Hall–Kier alpha value is -3.45. The van der Waals surface area contributed by atoms with Gasteiger partial charge in [-0.3, -0.25) is 0 Å². The van der Waals surface area contributed by atoms with Gasteiger partial charge in [-0.1, -0.05) is 54.6 Å². The van der Waals surface area contributed by atoms with Crippen LogP contribution in [0.1, 0.15) is 32.4 Å². The Kier molecular flexibility index (Phi) is 5.63. The van der Waals surface area contributed by atoms with Crippen molar-refractivity contribution in [2.45, 2.75) is 39.6 Å². The zero-order chi connectivity index (χ0) is 21.1. The van der Waals surface area contributed by atoms with Crippen LogP contribution in [0.4, 0.5) is 11.8 Å². The third kappa shape index (κ3) is 4.26. The van der Waals surface area contributed by atoms with Crippen LogP contribution >= 0.6 is 0 Å². The lowest BCUT2D eigenvalue weighted by atomic mass is 10.0. The van der Waals surface area contributed by atoms with Gasteiger partial charge in [0.15, 0.2) is 17.0 Å². The Morgan fingerprint density at radius 1 is 0.933 bits per heavy atom. The number of nitrogens with one attached hydrogen (secondary N) is 2. The molecule has 0 aliphatic heterocycles. The molecule has 3 N–H and O–H groups in total. The summed E-state index contributed by atoms with van der Waals surface area (Å²) in [6.45, 7) is 6.39. The Bertz CT molecular complexity index is 1120. The van der Waals surface area contributed by atoms with E-state index < -0.39 is 6.23 Å². The predicted octanol–water partition coefficient (Wildman–Crippen LogP) is 4.44. The highest BCUT2D eigenvalue weighted by Gasteiger charge is 2.15. The fourth-order valence-electron chi connectivity index (χ4n) is 3.30. The van der Waals surface area contributed by atoms with Crippen molar-refractivity contribution in [1.82, 2.24) is 19.5 Å². The summed E-state index contributed by atoms with van der Waals surface area (Å²) in [5.41, 5.74) is 4.95. The molecular weight excluding hydrogens is 376 g/mol. The number of fused-ring (bicyclic) bond motifs is 1. The largest absolute Gasteiger partial charge is 0.374 e. The monoisotopic (exact) mass is 402 g/mol. The molecule has 7 heteroatoms. The summed E-state index contributed by atoms with van der Waals surface area (Å²) in [4.78, 5) is 13.6. The lowest BCUT2D eigenvalue weighted by molar-refractivity contribution is 0.223. The molecule has 0 amide bonds. The highest BCUT2D eigenvalue weighted by Crippen LogP contribution is 2.24. The van der Waals surface area contributed by atoms with Crippen molar-refractivity contribution in [1.29, 1.82) is 0 Å². The zero-order valence-electron chi connectivity index (χ0n) is 17.4. The normalized spacial score (nSPS) is 12.3. The van der Waals surface area contributed by atoms with Gasteiger partial charge < -0.3 is 20.3 Å². The molecule has 4 rings (SSSR count). The molecule has 2 heterocycles. The zero-order valence-corrected chi connectivity index (χ0v) is 17.4. The number of rotatable bonds is 7. The van der Waals surface area contributed by atoms with Crippen molar-refractivity contribution in [3.63, 3.8) is 0 Å². The third-order valence-electron chi connectivity index (χ3n) is 4.84. The van der Waals surface area contributed by atoms with E-state index in [0.29, 0.717) is 23.8 Å². The quantitative estimate of drug-likeness (QED) is 0.396. The van der Waals surface area contributed by atoms with Crippen molar-refractivity contribution in [3.05, 3.63) is 66.5 Å². The number of imidazole rings is 1. The van der Waals surface area contributed by atoms with Gasteiger partial charge in [0.1, 0.15) is 6.23 Å². The maximum Gasteiger partial charge on any atom is 0.228 e. The molecule has 154 valence electrons. The van der Waals surface area contributed by atoms with E-state index in [1.54, 1.807) is 13.3 Å². The van der Waals surface area contributed by atoms with Gasteiger partial charge in [-0.15, -0.1) is 0 Å². The summed E-state index contributed by atoms with van der Waals surface area (Å²) >= 11 is 0. The number of benzene rings is 2. The van der Waals surface area contributed by atoms with Crippen molar-refractivity contribution in [2.24, 2.45) is 0 Å². The molecular formula is C23H26N6O. The van der Waals surface area contributed by atoms with Crippen molar-refractivity contribution in [3.8, 4) is 11.1 Å². The van der Waals surface area contributed by atoms with E-state index in [1.807, 2.05) is 22.8 Å². The summed E-state index contributed by atoms with van der Waals surface area (Å²) in [6, 6.07) is 19.0. The number of hydrogen-bond acceptors (Lipinski definition) is 6. The number of anilines is 2. The van der Waals surface area contributed by atoms with Gasteiger partial charge in [0.2, 0.25) is 5.95 Å². The van der Waals surface area contributed by atoms with Gasteiger partial charge in [0, 0.05) is 12.6 Å². The maximum atomic E-state index is 9.69. The second kappa shape index (κ2) is 8.51. The van der Waals surface area contributed by atoms with Gasteiger partial charge in [-0.2, -0.15) is 9.97 Å². The van der Waals surface area contributed by atoms with Crippen LogP contribution < -0.4 is 10.6 Å². The minimum atomic E-state index is -0.753. The Labute approximate surface area is 175 Å². The first-order valence-corrected chi connectivity index (χ1v) is 10.1. The first-order valence-electron chi connectivity index (χ1n) is 10.1. The van der Waals surface area contributed by atoms with Gasteiger partial charge in [0.05, 0.1) is 6.33 Å². The standard InChI is InChI=1S/C23H26N6O/c1-15(2)29-14-25-20-21(27-23(26-16(3)30)28-22(20)29)24-13-17-9-11-19(12-10-17)18-7-5-4-6-8-18/h4-12,14-16,30H,13H2,1-3H3,(H2,24,26,27,28). The van der Waals surface area contributed by atoms with E-state index in [1.165, 1.54) is 11.1 Å². The predicted molar refractivity (Wildman–Crippen MR) is 120 cm³/mol. The molecule has 0 saturated heterocycles. The van der Waals surface area contributed by atoms with Crippen LogP contribution in [-0.2, 0) is 6.54 Å². The highest BCUT2D eigenvalue weighted by atomic mass is 16.3. The van der Waals surface area contributed by atoms with Gasteiger partial charge in [0.25, 0.3) is 0 Å². The van der Waals surface area contributed by atoms with E-state index >= 15 is 0 Å². The molecule has 2 aromatic carbocycles. The molecule has 30 heavy (non-hydrogen) atoms. The SMILES string of the molecule is CC(O)Nc1nc(NCc2ccc(-c3ccccc3)cc2)c2ncn(C(C)C)c2n1. The van der Waals surface area contributed by atoms with E-state index in [4.69, 9.17) is 0 Å². The van der Waals surface area contributed by atoms with Gasteiger partial charge in [-0.25, -0.2) is 4.98 Å². The van der Waals surface area contributed by atoms with E-state index in [-0.39, 0.29) is 6.04 Å². The van der Waals surface area contributed by atoms with Gasteiger partial charge in [-0.05, 0) is 37.5 Å². The second-order valence-electron chi connectivity index (χ2n) is 7.55. The van der Waals surface area contributed by atoms with Crippen LogP contribution in [-0.4, -0.2) is 30.9 Å². The molecule has 1 atom stereocenters. The molecule has 0 aliphatic rings. The Morgan fingerprint density at radius 2 is 1.63 bits per heavy atom. The molecule has 1 unspecified atom stereocenters. The lowest BCUT2D eigenvalue weighted by Crippen LogP contribution is -2.17. The second-order valence-corrected chi connectivity index (χ2v) is 7.55. The van der Waals surface area contributed by atoms with Crippen LogP contribution in [0.2, 0.25) is 0 Å². The summed E-state index contributed by atoms with van der Waals surface area (Å²) in [7, 11) is 0.